The van der Waals surface area contributed by atoms with E-state index in [9.17, 15) is 14.7 Å². The molecule has 1 heterocycles. The Bertz CT molecular complexity index is 682. The number of carbonyl (C=O) groups excluding carboxylic acids is 1. The smallest absolute Gasteiger partial charge is 0.308 e. The normalized spacial score (nSPS) is 22.1. The van der Waals surface area contributed by atoms with E-state index < -0.39 is 11.9 Å². The van der Waals surface area contributed by atoms with Gasteiger partial charge in [0.1, 0.15) is 0 Å². The number of aromatic nitrogens is 1. The van der Waals surface area contributed by atoms with Gasteiger partial charge in [0.05, 0.1) is 21.6 Å². The zero-order valence-electron chi connectivity index (χ0n) is 11.4. The molecule has 1 aliphatic carbocycles. The molecule has 6 heteroatoms. The molecule has 1 amide bonds. The highest BCUT2D eigenvalue weighted by Crippen LogP contribution is 2.25. The van der Waals surface area contributed by atoms with E-state index in [0.717, 1.165) is 29.5 Å². The third kappa shape index (κ3) is 2.90. The number of nitrogens with zero attached hydrogens (tertiary/aromatic N) is 1. The highest BCUT2D eigenvalue weighted by molar-refractivity contribution is 7.16. The summed E-state index contributed by atoms with van der Waals surface area (Å²) in [6, 6.07) is 5.08. The SMILES string of the molecule is O=C(NC1CCCCC1C(=O)O)c1ccc2ncsc2c1. The van der Waals surface area contributed by atoms with E-state index in [0.29, 0.717) is 12.0 Å². The molecule has 2 unspecified atom stereocenters. The highest BCUT2D eigenvalue weighted by Gasteiger charge is 2.31. The van der Waals surface area contributed by atoms with E-state index in [4.69, 9.17) is 0 Å². The maximum atomic E-state index is 12.3. The second kappa shape index (κ2) is 5.81. The molecular formula is C15H16N2O3S. The van der Waals surface area contributed by atoms with Gasteiger partial charge in [0, 0.05) is 11.6 Å². The van der Waals surface area contributed by atoms with Gasteiger partial charge in [0.15, 0.2) is 0 Å². The molecule has 0 radical (unpaired) electrons. The summed E-state index contributed by atoms with van der Waals surface area (Å²) >= 11 is 1.49. The Kier molecular flexibility index (Phi) is 3.88. The second-order valence-corrected chi connectivity index (χ2v) is 6.23. The zero-order chi connectivity index (χ0) is 14.8. The second-order valence-electron chi connectivity index (χ2n) is 5.34. The van der Waals surface area contributed by atoms with Crippen LogP contribution in [0, 0.1) is 5.92 Å². The third-order valence-corrected chi connectivity index (χ3v) is 4.78. The Labute approximate surface area is 126 Å². The fourth-order valence-electron chi connectivity index (χ4n) is 2.85. The van der Waals surface area contributed by atoms with Crippen LogP contribution >= 0.6 is 11.3 Å². The van der Waals surface area contributed by atoms with Gasteiger partial charge in [-0.15, -0.1) is 11.3 Å². The van der Waals surface area contributed by atoms with Gasteiger partial charge in [0.2, 0.25) is 0 Å². The Morgan fingerprint density at radius 2 is 2.10 bits per heavy atom. The predicted octanol–water partition coefficient (Wildman–Crippen LogP) is 2.67. The number of carbonyl (C=O) groups is 2. The van der Waals surface area contributed by atoms with Crippen LogP contribution in [0.5, 0.6) is 0 Å². The number of rotatable bonds is 3. The molecule has 0 spiro atoms. The lowest BCUT2D eigenvalue weighted by Crippen LogP contribution is -2.45. The molecule has 2 N–H and O–H groups in total. The van der Waals surface area contributed by atoms with Crippen LogP contribution in [-0.2, 0) is 4.79 Å². The summed E-state index contributed by atoms with van der Waals surface area (Å²) in [5.41, 5.74) is 3.17. The van der Waals surface area contributed by atoms with Crippen molar-refractivity contribution in [3.05, 3.63) is 29.3 Å². The molecular weight excluding hydrogens is 288 g/mol. The van der Waals surface area contributed by atoms with E-state index in [1.807, 2.05) is 6.07 Å². The minimum absolute atomic E-state index is 0.205. The van der Waals surface area contributed by atoms with Gasteiger partial charge < -0.3 is 10.4 Å². The molecule has 1 aromatic heterocycles. The number of hydrogen-bond acceptors (Lipinski definition) is 4. The number of aliphatic carboxylic acids is 1. The Morgan fingerprint density at radius 1 is 1.29 bits per heavy atom. The Hall–Kier alpha value is -1.95. The summed E-state index contributed by atoms with van der Waals surface area (Å²) in [6.45, 7) is 0. The van der Waals surface area contributed by atoms with Crippen molar-refractivity contribution in [3.63, 3.8) is 0 Å². The van der Waals surface area contributed by atoms with Crippen molar-refractivity contribution < 1.29 is 14.7 Å². The molecule has 1 saturated carbocycles. The van der Waals surface area contributed by atoms with E-state index in [1.54, 1.807) is 17.6 Å². The minimum atomic E-state index is -0.821. The summed E-state index contributed by atoms with van der Waals surface area (Å²) in [6.07, 6.45) is 3.23. The lowest BCUT2D eigenvalue weighted by molar-refractivity contribution is -0.143. The van der Waals surface area contributed by atoms with Crippen LogP contribution in [-0.4, -0.2) is 28.0 Å². The number of nitrogens with one attached hydrogen (secondary N) is 1. The van der Waals surface area contributed by atoms with E-state index in [-0.39, 0.29) is 11.9 Å². The quantitative estimate of drug-likeness (QED) is 0.913. The first kappa shape index (κ1) is 14.0. The van der Waals surface area contributed by atoms with Crippen molar-refractivity contribution in [2.24, 2.45) is 5.92 Å². The zero-order valence-corrected chi connectivity index (χ0v) is 12.2. The summed E-state index contributed by atoms with van der Waals surface area (Å²) in [5.74, 6) is -1.50. The van der Waals surface area contributed by atoms with Crippen LogP contribution in [0.4, 0.5) is 0 Å². The van der Waals surface area contributed by atoms with Crippen molar-refractivity contribution in [1.82, 2.24) is 10.3 Å². The lowest BCUT2D eigenvalue weighted by atomic mass is 9.84. The van der Waals surface area contributed by atoms with Gasteiger partial charge in [-0.3, -0.25) is 9.59 Å². The maximum Gasteiger partial charge on any atom is 0.308 e. The summed E-state index contributed by atoms with van der Waals surface area (Å²) in [4.78, 5) is 27.8. The largest absolute Gasteiger partial charge is 0.481 e. The van der Waals surface area contributed by atoms with Gasteiger partial charge in [0.25, 0.3) is 5.91 Å². The molecule has 1 aromatic carbocycles. The monoisotopic (exact) mass is 304 g/mol. The van der Waals surface area contributed by atoms with Gasteiger partial charge in [-0.05, 0) is 31.0 Å². The number of hydrogen-bond donors (Lipinski definition) is 2. The van der Waals surface area contributed by atoms with Crippen LogP contribution in [0.25, 0.3) is 10.2 Å². The minimum Gasteiger partial charge on any atom is -0.481 e. The fourth-order valence-corrected chi connectivity index (χ4v) is 3.56. The van der Waals surface area contributed by atoms with E-state index in [2.05, 4.69) is 10.3 Å². The Morgan fingerprint density at radius 3 is 2.90 bits per heavy atom. The first-order chi connectivity index (χ1) is 10.1. The third-order valence-electron chi connectivity index (χ3n) is 3.99. The van der Waals surface area contributed by atoms with E-state index in [1.165, 1.54) is 11.3 Å². The molecule has 0 saturated heterocycles. The molecule has 2 aromatic rings. The molecule has 0 bridgehead atoms. The highest BCUT2D eigenvalue weighted by atomic mass is 32.1. The van der Waals surface area contributed by atoms with Gasteiger partial charge >= 0.3 is 5.97 Å². The first-order valence-electron chi connectivity index (χ1n) is 7.02. The molecule has 1 aliphatic rings. The van der Waals surface area contributed by atoms with Crippen molar-refractivity contribution in [3.8, 4) is 0 Å². The molecule has 110 valence electrons. The van der Waals surface area contributed by atoms with E-state index >= 15 is 0 Å². The average Bonchev–Trinajstić information content (AvgIpc) is 2.94. The van der Waals surface area contributed by atoms with Gasteiger partial charge in [-0.2, -0.15) is 0 Å². The van der Waals surface area contributed by atoms with Crippen molar-refractivity contribution in [1.29, 1.82) is 0 Å². The number of carboxylic acids is 1. The van der Waals surface area contributed by atoms with Crippen LogP contribution in [0.3, 0.4) is 0 Å². The first-order valence-corrected chi connectivity index (χ1v) is 7.90. The van der Waals surface area contributed by atoms with Crippen LogP contribution in [0.15, 0.2) is 23.7 Å². The van der Waals surface area contributed by atoms with Crippen molar-refractivity contribution in [2.45, 2.75) is 31.7 Å². The van der Waals surface area contributed by atoms with Gasteiger partial charge in [-0.25, -0.2) is 4.98 Å². The molecule has 21 heavy (non-hydrogen) atoms. The number of amides is 1. The molecule has 2 atom stereocenters. The Balaban J connectivity index is 1.76. The summed E-state index contributed by atoms with van der Waals surface area (Å²) in [5, 5.41) is 12.1. The maximum absolute atomic E-state index is 12.3. The van der Waals surface area contributed by atoms with Crippen molar-refractivity contribution in [2.75, 3.05) is 0 Å². The number of fused-ring (bicyclic) bond motifs is 1. The standard InChI is InChI=1S/C15H16N2O3S/c18-14(9-5-6-12-13(7-9)21-8-16-12)17-11-4-2-1-3-10(11)15(19)20/h5-8,10-11H,1-4H2,(H,17,18)(H,19,20). The predicted molar refractivity (Wildman–Crippen MR) is 80.5 cm³/mol. The number of thiazole rings is 1. The van der Waals surface area contributed by atoms with Crippen molar-refractivity contribution >= 4 is 33.4 Å². The summed E-state index contributed by atoms with van der Waals surface area (Å²) in [7, 11) is 0. The van der Waals surface area contributed by atoms with Gasteiger partial charge in [-0.1, -0.05) is 12.8 Å². The fraction of sp³-hybridized carbons (Fsp3) is 0.400. The number of carboxylic acid groups (broad SMARTS) is 1. The number of benzene rings is 1. The average molecular weight is 304 g/mol. The van der Waals surface area contributed by atoms with Crippen LogP contribution < -0.4 is 5.32 Å². The topological polar surface area (TPSA) is 79.3 Å². The molecule has 5 nitrogen and oxygen atoms in total. The van der Waals surface area contributed by atoms with Crippen LogP contribution in [0.2, 0.25) is 0 Å². The van der Waals surface area contributed by atoms with Crippen LogP contribution in [0.1, 0.15) is 36.0 Å². The molecule has 3 rings (SSSR count). The molecule has 0 aliphatic heterocycles. The molecule has 1 fully saturated rings. The lowest BCUT2D eigenvalue weighted by Gasteiger charge is -2.29. The summed E-state index contributed by atoms with van der Waals surface area (Å²) < 4.78 is 0.959.